The van der Waals surface area contributed by atoms with Crippen LogP contribution in [0, 0.1) is 0 Å². The SMILES string of the molecule is Nc1ccc(CCc2nc(N)cc(=O)[nH]2)cc1. The molecule has 0 aliphatic carbocycles. The van der Waals surface area contributed by atoms with Crippen LogP contribution in [0.4, 0.5) is 11.5 Å². The third-order valence-corrected chi connectivity index (χ3v) is 2.44. The first kappa shape index (κ1) is 11.2. The fraction of sp³-hybridized carbons (Fsp3) is 0.167. The van der Waals surface area contributed by atoms with Crippen LogP contribution in [0.2, 0.25) is 0 Å². The highest BCUT2D eigenvalue weighted by molar-refractivity contribution is 5.39. The zero-order chi connectivity index (χ0) is 12.3. The van der Waals surface area contributed by atoms with Crippen LogP contribution in [0.25, 0.3) is 0 Å². The Morgan fingerprint density at radius 1 is 1.12 bits per heavy atom. The monoisotopic (exact) mass is 230 g/mol. The van der Waals surface area contributed by atoms with Gasteiger partial charge in [0.25, 0.3) is 5.56 Å². The second-order valence-corrected chi connectivity index (χ2v) is 3.86. The summed E-state index contributed by atoms with van der Waals surface area (Å²) >= 11 is 0. The van der Waals surface area contributed by atoms with E-state index in [0.29, 0.717) is 12.2 Å². The predicted octanol–water partition coefficient (Wildman–Crippen LogP) is 0.719. The number of hydrogen-bond donors (Lipinski definition) is 3. The lowest BCUT2D eigenvalue weighted by molar-refractivity contribution is 0.851. The van der Waals surface area contributed by atoms with E-state index < -0.39 is 0 Å². The second-order valence-electron chi connectivity index (χ2n) is 3.86. The molecule has 1 aromatic heterocycles. The van der Waals surface area contributed by atoms with Gasteiger partial charge >= 0.3 is 0 Å². The van der Waals surface area contributed by atoms with Crippen molar-refractivity contribution in [2.75, 3.05) is 11.5 Å². The Hall–Kier alpha value is -2.30. The van der Waals surface area contributed by atoms with Crippen LogP contribution in [0.15, 0.2) is 35.1 Å². The van der Waals surface area contributed by atoms with Gasteiger partial charge in [-0.25, -0.2) is 4.98 Å². The largest absolute Gasteiger partial charge is 0.399 e. The molecular formula is C12H14N4O. The lowest BCUT2D eigenvalue weighted by Crippen LogP contribution is -2.12. The molecule has 17 heavy (non-hydrogen) atoms. The van der Waals surface area contributed by atoms with E-state index in [4.69, 9.17) is 11.5 Å². The molecule has 2 aromatic rings. The summed E-state index contributed by atoms with van der Waals surface area (Å²) in [5, 5.41) is 0. The first-order valence-electron chi connectivity index (χ1n) is 5.33. The summed E-state index contributed by atoms with van der Waals surface area (Å²) in [5.74, 6) is 0.855. The fourth-order valence-corrected chi connectivity index (χ4v) is 1.59. The van der Waals surface area contributed by atoms with Gasteiger partial charge in [0.1, 0.15) is 11.6 Å². The highest BCUT2D eigenvalue weighted by atomic mass is 16.1. The molecule has 0 saturated heterocycles. The van der Waals surface area contributed by atoms with Crippen molar-refractivity contribution >= 4 is 11.5 Å². The molecule has 0 radical (unpaired) electrons. The van der Waals surface area contributed by atoms with Gasteiger partial charge in [-0.2, -0.15) is 0 Å². The van der Waals surface area contributed by atoms with E-state index in [0.717, 1.165) is 17.7 Å². The van der Waals surface area contributed by atoms with Crippen molar-refractivity contribution in [2.45, 2.75) is 12.8 Å². The Labute approximate surface area is 98.5 Å². The van der Waals surface area contributed by atoms with E-state index in [1.54, 1.807) is 0 Å². The number of benzene rings is 1. The van der Waals surface area contributed by atoms with Gasteiger partial charge in [0.05, 0.1) is 0 Å². The summed E-state index contributed by atoms with van der Waals surface area (Å²) in [4.78, 5) is 17.9. The van der Waals surface area contributed by atoms with Crippen LogP contribution < -0.4 is 17.0 Å². The second kappa shape index (κ2) is 4.69. The van der Waals surface area contributed by atoms with Crippen LogP contribution in [-0.2, 0) is 12.8 Å². The number of nitrogens with zero attached hydrogens (tertiary/aromatic N) is 1. The molecule has 1 heterocycles. The molecule has 5 heteroatoms. The molecule has 0 aliphatic rings. The Balaban J connectivity index is 2.07. The number of aromatic amines is 1. The van der Waals surface area contributed by atoms with E-state index >= 15 is 0 Å². The average Bonchev–Trinajstić information content (AvgIpc) is 2.27. The van der Waals surface area contributed by atoms with E-state index in [9.17, 15) is 4.79 Å². The first-order chi connectivity index (χ1) is 8.13. The first-order valence-corrected chi connectivity index (χ1v) is 5.33. The van der Waals surface area contributed by atoms with Gasteiger partial charge in [-0.3, -0.25) is 4.79 Å². The van der Waals surface area contributed by atoms with Crippen molar-refractivity contribution < 1.29 is 0 Å². The van der Waals surface area contributed by atoms with Crippen LogP contribution >= 0.6 is 0 Å². The van der Waals surface area contributed by atoms with Crippen LogP contribution in [0.3, 0.4) is 0 Å². The zero-order valence-corrected chi connectivity index (χ0v) is 9.31. The van der Waals surface area contributed by atoms with Gasteiger partial charge < -0.3 is 16.5 Å². The predicted molar refractivity (Wildman–Crippen MR) is 67.5 cm³/mol. The number of nitrogens with two attached hydrogens (primary N) is 2. The number of rotatable bonds is 3. The Morgan fingerprint density at radius 3 is 2.47 bits per heavy atom. The lowest BCUT2D eigenvalue weighted by Gasteiger charge is -2.02. The number of nitrogen functional groups attached to an aromatic ring is 2. The van der Waals surface area contributed by atoms with E-state index in [1.165, 1.54) is 6.07 Å². The Bertz CT molecular complexity index is 559. The minimum absolute atomic E-state index is 0.218. The minimum Gasteiger partial charge on any atom is -0.399 e. The number of aromatic nitrogens is 2. The van der Waals surface area contributed by atoms with Crippen molar-refractivity contribution in [1.29, 1.82) is 0 Å². The normalized spacial score (nSPS) is 10.4. The highest BCUT2D eigenvalue weighted by Gasteiger charge is 2.00. The third kappa shape index (κ3) is 3.07. The molecular weight excluding hydrogens is 216 g/mol. The summed E-state index contributed by atoms with van der Waals surface area (Å²) in [5.41, 5.74) is 12.8. The number of H-pyrrole nitrogens is 1. The van der Waals surface area contributed by atoms with Crippen LogP contribution in [0.5, 0.6) is 0 Å². The number of nitrogens with one attached hydrogen (secondary N) is 1. The molecule has 0 atom stereocenters. The lowest BCUT2D eigenvalue weighted by atomic mass is 10.1. The summed E-state index contributed by atoms with van der Waals surface area (Å²) in [7, 11) is 0. The maximum atomic E-state index is 11.2. The van der Waals surface area contributed by atoms with Crippen LogP contribution in [0.1, 0.15) is 11.4 Å². The molecule has 0 fully saturated rings. The molecule has 0 bridgehead atoms. The summed E-state index contributed by atoms with van der Waals surface area (Å²) < 4.78 is 0. The quantitative estimate of drug-likeness (QED) is 0.677. The van der Waals surface area contributed by atoms with Crippen molar-refractivity contribution in [1.82, 2.24) is 9.97 Å². The van der Waals surface area contributed by atoms with E-state index in [1.807, 2.05) is 24.3 Å². The standard InChI is InChI=1S/C12H14N4O/c13-9-4-1-8(2-5-9)3-6-11-15-10(14)7-12(17)16-11/h1-2,4-5,7H,3,6,13H2,(H3,14,15,16,17). The summed E-state index contributed by atoms with van der Waals surface area (Å²) in [6, 6.07) is 8.89. The summed E-state index contributed by atoms with van der Waals surface area (Å²) in [6.45, 7) is 0. The number of anilines is 2. The molecule has 0 amide bonds. The topological polar surface area (TPSA) is 97.8 Å². The highest BCUT2D eigenvalue weighted by Crippen LogP contribution is 2.08. The zero-order valence-electron chi connectivity index (χ0n) is 9.31. The molecule has 0 saturated carbocycles. The molecule has 2 rings (SSSR count). The van der Waals surface area contributed by atoms with Gasteiger partial charge in [0.2, 0.25) is 0 Å². The average molecular weight is 230 g/mol. The van der Waals surface area contributed by atoms with Crippen molar-refractivity contribution in [2.24, 2.45) is 0 Å². The molecule has 88 valence electrons. The van der Waals surface area contributed by atoms with Crippen molar-refractivity contribution in [3.05, 3.63) is 52.1 Å². The molecule has 5 N–H and O–H groups in total. The van der Waals surface area contributed by atoms with Crippen molar-refractivity contribution in [3.8, 4) is 0 Å². The number of aryl methyl sites for hydroxylation is 2. The molecule has 0 aliphatic heterocycles. The van der Waals surface area contributed by atoms with Gasteiger partial charge in [0.15, 0.2) is 0 Å². The van der Waals surface area contributed by atoms with E-state index in [-0.39, 0.29) is 11.4 Å². The third-order valence-electron chi connectivity index (χ3n) is 2.44. The van der Waals surface area contributed by atoms with Gasteiger partial charge in [-0.1, -0.05) is 12.1 Å². The summed E-state index contributed by atoms with van der Waals surface area (Å²) in [6.07, 6.45) is 1.43. The van der Waals surface area contributed by atoms with Crippen LogP contribution in [-0.4, -0.2) is 9.97 Å². The molecule has 0 unspecified atom stereocenters. The van der Waals surface area contributed by atoms with Gasteiger partial charge in [0, 0.05) is 18.2 Å². The fourth-order valence-electron chi connectivity index (χ4n) is 1.59. The Morgan fingerprint density at radius 2 is 1.82 bits per heavy atom. The molecule has 0 spiro atoms. The Kier molecular flexibility index (Phi) is 3.09. The van der Waals surface area contributed by atoms with E-state index in [2.05, 4.69) is 9.97 Å². The molecule has 1 aromatic carbocycles. The molecule has 5 nitrogen and oxygen atoms in total. The van der Waals surface area contributed by atoms with Crippen molar-refractivity contribution in [3.63, 3.8) is 0 Å². The number of hydrogen-bond acceptors (Lipinski definition) is 4. The van der Waals surface area contributed by atoms with Gasteiger partial charge in [-0.15, -0.1) is 0 Å². The maximum Gasteiger partial charge on any atom is 0.252 e. The van der Waals surface area contributed by atoms with Gasteiger partial charge in [-0.05, 0) is 24.1 Å². The smallest absolute Gasteiger partial charge is 0.252 e. The maximum absolute atomic E-state index is 11.2. The minimum atomic E-state index is -0.218.